The first-order valence-electron chi connectivity index (χ1n) is 15.7. The Kier molecular flexibility index (Phi) is 8.83. The van der Waals surface area contributed by atoms with Crippen molar-refractivity contribution < 1.29 is 18.9 Å². The van der Waals surface area contributed by atoms with Crippen molar-refractivity contribution in [1.29, 1.82) is 0 Å². The molecule has 2 fully saturated rings. The van der Waals surface area contributed by atoms with Gasteiger partial charge in [0, 0.05) is 37.9 Å². The van der Waals surface area contributed by atoms with E-state index in [2.05, 4.69) is 44.5 Å². The first-order chi connectivity index (χ1) is 21.7. The summed E-state index contributed by atoms with van der Waals surface area (Å²) in [6, 6.07) is 20.5. The molecule has 4 aromatic rings. The van der Waals surface area contributed by atoms with Gasteiger partial charge in [-0.3, -0.25) is 14.9 Å². The van der Waals surface area contributed by atoms with E-state index >= 15 is 0 Å². The zero-order valence-corrected chi connectivity index (χ0v) is 24.9. The molecule has 0 aliphatic carbocycles. The second-order valence-electron chi connectivity index (χ2n) is 11.8. The molecule has 1 aromatic carbocycles. The molecule has 1 N–H and O–H groups in total. The molecule has 1 unspecified atom stereocenters. The Labute approximate surface area is 258 Å². The lowest BCUT2D eigenvalue weighted by Gasteiger charge is -2.32. The fourth-order valence-corrected chi connectivity index (χ4v) is 6.02. The van der Waals surface area contributed by atoms with Crippen LogP contribution in [0.4, 0.5) is 0 Å². The summed E-state index contributed by atoms with van der Waals surface area (Å²) in [7, 11) is 0. The van der Waals surface area contributed by atoms with Crippen LogP contribution in [0, 0.1) is 0 Å². The van der Waals surface area contributed by atoms with Gasteiger partial charge in [0.15, 0.2) is 11.9 Å². The van der Waals surface area contributed by atoms with Crippen LogP contribution in [0.1, 0.15) is 54.3 Å². The summed E-state index contributed by atoms with van der Waals surface area (Å²) in [4.78, 5) is 16.0. The molecule has 0 amide bonds. The minimum absolute atomic E-state index is 0.204. The molecule has 228 valence electrons. The number of nitrogens with one attached hydrogen (secondary N) is 1. The summed E-state index contributed by atoms with van der Waals surface area (Å²) in [5.41, 5.74) is 4.19. The van der Waals surface area contributed by atoms with Crippen LogP contribution < -0.4 is 24.3 Å². The van der Waals surface area contributed by atoms with Crippen molar-refractivity contribution in [3.63, 3.8) is 0 Å². The highest BCUT2D eigenvalue weighted by molar-refractivity contribution is 5.38. The highest BCUT2D eigenvalue weighted by Gasteiger charge is 2.25. The molecule has 3 aromatic heterocycles. The number of fused-ring (bicyclic) bond motifs is 1. The van der Waals surface area contributed by atoms with E-state index in [-0.39, 0.29) is 18.3 Å². The van der Waals surface area contributed by atoms with Crippen molar-refractivity contribution >= 4 is 0 Å². The Balaban J connectivity index is 0.907. The predicted octanol–water partition coefficient (Wildman–Crippen LogP) is 5.15. The van der Waals surface area contributed by atoms with Crippen molar-refractivity contribution in [1.82, 2.24) is 25.2 Å². The van der Waals surface area contributed by atoms with Crippen LogP contribution in [0.3, 0.4) is 0 Å². The molecule has 0 spiro atoms. The first-order valence-corrected chi connectivity index (χ1v) is 15.7. The zero-order valence-electron chi connectivity index (χ0n) is 24.9. The van der Waals surface area contributed by atoms with Crippen LogP contribution in [0.2, 0.25) is 0 Å². The molecule has 6 heterocycles. The maximum atomic E-state index is 6.34. The number of hydrogen-bond acceptors (Lipinski definition) is 9. The minimum Gasteiger partial charge on any atom is -0.489 e. The molecule has 7 rings (SSSR count). The number of nitrogens with zero attached hydrogens (tertiary/aromatic N) is 4. The van der Waals surface area contributed by atoms with Gasteiger partial charge in [-0.05, 0) is 86.3 Å². The Morgan fingerprint density at radius 3 is 2.34 bits per heavy atom. The fourth-order valence-electron chi connectivity index (χ4n) is 6.02. The number of benzene rings is 1. The Morgan fingerprint density at radius 2 is 1.59 bits per heavy atom. The summed E-state index contributed by atoms with van der Waals surface area (Å²) in [5.74, 6) is 2.88. The van der Waals surface area contributed by atoms with E-state index < -0.39 is 0 Å². The predicted molar refractivity (Wildman–Crippen MR) is 166 cm³/mol. The molecule has 0 bridgehead atoms. The number of piperidine rings is 2. The van der Waals surface area contributed by atoms with Gasteiger partial charge in [-0.25, -0.2) is 4.98 Å². The van der Waals surface area contributed by atoms with Crippen molar-refractivity contribution in [2.45, 2.75) is 57.0 Å². The quantitative estimate of drug-likeness (QED) is 0.283. The third-order valence-electron chi connectivity index (χ3n) is 8.51. The molecule has 0 saturated carbocycles. The third-order valence-corrected chi connectivity index (χ3v) is 8.51. The minimum atomic E-state index is -0.204. The standard InChI is InChI=1S/C35H39N5O4/c1-2-31(21-37-15-1)43-30-13-18-40(19-14-30)23-25-3-5-26(6-4-25)34-24-41-33-10-8-28(39-35(33)44-34)20-27-7-9-32(22-38-27)42-29-11-16-36-17-12-29/h1-10,15,21-22,29-30,34,36H,11-14,16-20,23-24H2. The van der Waals surface area contributed by atoms with Crippen LogP contribution >= 0.6 is 0 Å². The van der Waals surface area contributed by atoms with Crippen LogP contribution in [-0.2, 0) is 13.0 Å². The maximum Gasteiger partial charge on any atom is 0.258 e. The van der Waals surface area contributed by atoms with Crippen molar-refractivity contribution in [3.8, 4) is 23.1 Å². The Bertz CT molecular complexity index is 1490. The molecule has 3 aliphatic rings. The summed E-state index contributed by atoms with van der Waals surface area (Å²) in [5, 5.41) is 3.36. The van der Waals surface area contributed by atoms with E-state index in [1.54, 1.807) is 12.4 Å². The number of rotatable bonds is 9. The largest absolute Gasteiger partial charge is 0.489 e. The lowest BCUT2D eigenvalue weighted by atomic mass is 10.0. The molecule has 2 saturated heterocycles. The van der Waals surface area contributed by atoms with Gasteiger partial charge in [-0.1, -0.05) is 24.3 Å². The van der Waals surface area contributed by atoms with Gasteiger partial charge in [-0.15, -0.1) is 0 Å². The van der Waals surface area contributed by atoms with Gasteiger partial charge in [0.05, 0.1) is 18.1 Å². The van der Waals surface area contributed by atoms with E-state index in [1.807, 2.05) is 42.6 Å². The van der Waals surface area contributed by atoms with E-state index in [1.165, 1.54) is 5.56 Å². The van der Waals surface area contributed by atoms with Crippen molar-refractivity contribution in [3.05, 3.63) is 102 Å². The molecular formula is C35H39N5O4. The molecule has 9 nitrogen and oxygen atoms in total. The van der Waals surface area contributed by atoms with E-state index in [9.17, 15) is 0 Å². The first kappa shape index (κ1) is 28.6. The van der Waals surface area contributed by atoms with Gasteiger partial charge in [0.2, 0.25) is 0 Å². The van der Waals surface area contributed by atoms with E-state index in [0.29, 0.717) is 24.7 Å². The highest BCUT2D eigenvalue weighted by Crippen LogP contribution is 2.35. The lowest BCUT2D eigenvalue weighted by molar-refractivity contribution is 0.0847. The lowest BCUT2D eigenvalue weighted by Crippen LogP contribution is -2.37. The van der Waals surface area contributed by atoms with Crippen molar-refractivity contribution in [2.24, 2.45) is 0 Å². The summed E-state index contributed by atoms with van der Waals surface area (Å²) < 4.78 is 24.6. The topological polar surface area (TPSA) is 90.9 Å². The van der Waals surface area contributed by atoms with Gasteiger partial charge in [-0.2, -0.15) is 0 Å². The number of hydrogen-bond donors (Lipinski definition) is 1. The second kappa shape index (κ2) is 13.6. The highest BCUT2D eigenvalue weighted by atomic mass is 16.6. The second-order valence-corrected chi connectivity index (χ2v) is 11.8. The SMILES string of the molecule is c1cncc(OC2CCN(Cc3ccc(C4COc5ccc(Cc6ccc(OC7CCNCC7)cn6)nc5O4)cc3)CC2)c1. The number of ether oxygens (including phenoxy) is 4. The molecule has 1 atom stereocenters. The van der Waals surface area contributed by atoms with Crippen LogP contribution in [0.25, 0.3) is 0 Å². The zero-order chi connectivity index (χ0) is 29.6. The van der Waals surface area contributed by atoms with Crippen molar-refractivity contribution in [2.75, 3.05) is 32.8 Å². The van der Waals surface area contributed by atoms with Crippen LogP contribution in [0.5, 0.6) is 23.1 Å². The maximum absolute atomic E-state index is 6.34. The Hall–Kier alpha value is -4.21. The summed E-state index contributed by atoms with van der Waals surface area (Å²) in [6.07, 6.45) is 10.4. The number of aromatic nitrogens is 3. The van der Waals surface area contributed by atoms with Crippen LogP contribution in [-0.4, -0.2) is 64.8 Å². The smallest absolute Gasteiger partial charge is 0.258 e. The molecule has 9 heteroatoms. The van der Waals surface area contributed by atoms with E-state index in [4.69, 9.17) is 23.9 Å². The van der Waals surface area contributed by atoms with Gasteiger partial charge in [0.1, 0.15) is 30.3 Å². The summed E-state index contributed by atoms with van der Waals surface area (Å²) in [6.45, 7) is 5.42. The van der Waals surface area contributed by atoms with Gasteiger partial charge >= 0.3 is 0 Å². The summed E-state index contributed by atoms with van der Waals surface area (Å²) >= 11 is 0. The molecule has 0 radical (unpaired) electrons. The normalized spacial score (nSPS) is 19.4. The molecular weight excluding hydrogens is 554 g/mol. The Morgan fingerprint density at radius 1 is 0.818 bits per heavy atom. The number of likely N-dealkylation sites (tertiary alicyclic amines) is 1. The fraction of sp³-hybridized carbons (Fsp3) is 0.400. The molecule has 3 aliphatic heterocycles. The monoisotopic (exact) mass is 593 g/mol. The van der Waals surface area contributed by atoms with Crippen LogP contribution in [0.15, 0.2) is 79.3 Å². The average molecular weight is 594 g/mol. The van der Waals surface area contributed by atoms with E-state index in [0.717, 1.165) is 86.9 Å². The molecule has 44 heavy (non-hydrogen) atoms. The average Bonchev–Trinajstić information content (AvgIpc) is 3.08. The third kappa shape index (κ3) is 7.29. The number of pyridine rings is 3. The van der Waals surface area contributed by atoms with Gasteiger partial charge in [0.25, 0.3) is 5.88 Å². The van der Waals surface area contributed by atoms with Gasteiger partial charge < -0.3 is 24.3 Å².